The van der Waals surface area contributed by atoms with E-state index in [9.17, 15) is 5.11 Å². The van der Waals surface area contributed by atoms with E-state index in [1.807, 2.05) is 5.57 Å². The lowest BCUT2D eigenvalue weighted by atomic mass is 9.48. The minimum Gasteiger partial charge on any atom is -0.393 e. The van der Waals surface area contributed by atoms with E-state index in [-0.39, 0.29) is 6.10 Å². The normalized spacial score (nSPS) is 46.5. The summed E-state index contributed by atoms with van der Waals surface area (Å²) in [4.78, 5) is 0. The van der Waals surface area contributed by atoms with Crippen LogP contribution in [-0.4, -0.2) is 11.2 Å². The number of rotatable bonds is 5. The fourth-order valence-corrected chi connectivity index (χ4v) is 8.53. The first-order valence-corrected chi connectivity index (χ1v) is 12.6. The largest absolute Gasteiger partial charge is 0.393 e. The molecule has 4 aliphatic carbocycles. The molecule has 0 aromatic heterocycles. The van der Waals surface area contributed by atoms with Gasteiger partial charge >= 0.3 is 0 Å². The zero-order valence-corrected chi connectivity index (χ0v) is 19.3. The van der Waals surface area contributed by atoms with Crippen molar-refractivity contribution in [3.8, 4) is 0 Å². The molecule has 0 aliphatic heterocycles. The van der Waals surface area contributed by atoms with Crippen molar-refractivity contribution in [2.24, 2.45) is 46.3 Å². The van der Waals surface area contributed by atoms with Gasteiger partial charge in [0.1, 0.15) is 0 Å². The topological polar surface area (TPSA) is 20.2 Å². The average Bonchev–Trinajstić information content (AvgIpc) is 2.99. The molecular formula is C27H46O. The quantitative estimate of drug-likeness (QED) is 0.488. The molecule has 4 rings (SSSR count). The molecular weight excluding hydrogens is 340 g/mol. The van der Waals surface area contributed by atoms with Crippen molar-refractivity contribution in [1.29, 1.82) is 0 Å². The number of hydrogen-bond acceptors (Lipinski definition) is 1. The van der Waals surface area contributed by atoms with Crippen LogP contribution < -0.4 is 0 Å². The van der Waals surface area contributed by atoms with Gasteiger partial charge in [-0.1, -0.05) is 65.5 Å². The van der Waals surface area contributed by atoms with Gasteiger partial charge in [-0.2, -0.15) is 0 Å². The lowest BCUT2D eigenvalue weighted by Gasteiger charge is -2.57. The summed E-state index contributed by atoms with van der Waals surface area (Å²) < 4.78 is 0. The van der Waals surface area contributed by atoms with Crippen LogP contribution in [0.2, 0.25) is 0 Å². The lowest BCUT2D eigenvalue weighted by molar-refractivity contribution is -0.0158. The Morgan fingerprint density at radius 3 is 2.57 bits per heavy atom. The second kappa shape index (κ2) is 7.75. The molecule has 0 aromatic carbocycles. The van der Waals surface area contributed by atoms with Gasteiger partial charge in [0.25, 0.3) is 0 Å². The first kappa shape index (κ1) is 21.0. The van der Waals surface area contributed by atoms with Crippen LogP contribution in [0.5, 0.6) is 0 Å². The molecule has 0 amide bonds. The molecule has 0 saturated heterocycles. The molecule has 0 spiro atoms. The van der Waals surface area contributed by atoms with Crippen LogP contribution in [0, 0.1) is 46.3 Å². The van der Waals surface area contributed by atoms with E-state index in [4.69, 9.17) is 0 Å². The number of aliphatic hydroxyl groups is 1. The highest BCUT2D eigenvalue weighted by atomic mass is 16.3. The zero-order chi connectivity index (χ0) is 20.1. The Bertz CT molecular complexity index is 591. The van der Waals surface area contributed by atoms with Gasteiger partial charge in [0.05, 0.1) is 6.10 Å². The summed E-state index contributed by atoms with van der Waals surface area (Å²) in [5.74, 6) is 5.18. The summed E-state index contributed by atoms with van der Waals surface area (Å²) in [6.45, 7) is 12.5. The molecule has 28 heavy (non-hydrogen) atoms. The highest BCUT2D eigenvalue weighted by molar-refractivity contribution is 5.29. The van der Waals surface area contributed by atoms with Gasteiger partial charge in [-0.25, -0.2) is 0 Å². The third-order valence-corrected chi connectivity index (χ3v) is 10.2. The average molecular weight is 387 g/mol. The van der Waals surface area contributed by atoms with E-state index in [1.54, 1.807) is 0 Å². The van der Waals surface area contributed by atoms with Crippen LogP contribution in [0.1, 0.15) is 105 Å². The Labute approximate surface area is 174 Å². The molecule has 0 radical (unpaired) electrons. The molecule has 0 bridgehead atoms. The molecule has 0 heterocycles. The predicted molar refractivity (Wildman–Crippen MR) is 119 cm³/mol. The molecule has 4 aliphatic rings. The van der Waals surface area contributed by atoms with E-state index in [1.165, 1.54) is 57.8 Å². The third-order valence-electron chi connectivity index (χ3n) is 10.2. The maximum absolute atomic E-state index is 10.2. The Hall–Kier alpha value is -0.300. The van der Waals surface area contributed by atoms with Gasteiger partial charge in [-0.3, -0.25) is 0 Å². The molecule has 8 atom stereocenters. The van der Waals surface area contributed by atoms with Gasteiger partial charge < -0.3 is 5.11 Å². The van der Waals surface area contributed by atoms with Gasteiger partial charge in [0, 0.05) is 0 Å². The van der Waals surface area contributed by atoms with E-state index in [2.05, 4.69) is 40.7 Å². The van der Waals surface area contributed by atoms with Crippen molar-refractivity contribution >= 4 is 0 Å². The predicted octanol–water partition coefficient (Wildman–Crippen LogP) is 7.39. The molecule has 1 heteroatoms. The van der Waals surface area contributed by atoms with Crippen molar-refractivity contribution < 1.29 is 5.11 Å². The SMILES string of the molecule is CC(C)CCC[C@@H](C)C1CC[C@H]2[C@@H]3CC[C@H]4C[C@H](O)CC[C@]4(C)C3=CC[C@]12C. The van der Waals surface area contributed by atoms with Gasteiger partial charge in [-0.15, -0.1) is 0 Å². The highest BCUT2D eigenvalue weighted by Gasteiger charge is 2.57. The van der Waals surface area contributed by atoms with Gasteiger partial charge in [-0.05, 0) is 97.7 Å². The van der Waals surface area contributed by atoms with Crippen molar-refractivity contribution in [3.05, 3.63) is 11.6 Å². The zero-order valence-electron chi connectivity index (χ0n) is 19.3. The summed E-state index contributed by atoms with van der Waals surface area (Å²) in [6, 6.07) is 0. The van der Waals surface area contributed by atoms with E-state index in [0.717, 1.165) is 48.3 Å². The van der Waals surface area contributed by atoms with E-state index in [0.29, 0.717) is 10.8 Å². The first-order valence-electron chi connectivity index (χ1n) is 12.6. The van der Waals surface area contributed by atoms with Crippen LogP contribution in [0.3, 0.4) is 0 Å². The molecule has 1 N–H and O–H groups in total. The van der Waals surface area contributed by atoms with Crippen LogP contribution in [-0.2, 0) is 0 Å². The summed E-state index contributed by atoms with van der Waals surface area (Å²) in [5, 5.41) is 10.2. The Morgan fingerprint density at radius 2 is 1.82 bits per heavy atom. The second-order valence-electron chi connectivity index (χ2n) is 12.2. The molecule has 3 saturated carbocycles. The fourth-order valence-electron chi connectivity index (χ4n) is 8.53. The van der Waals surface area contributed by atoms with Gasteiger partial charge in [0.2, 0.25) is 0 Å². The minimum absolute atomic E-state index is 0.0355. The molecule has 1 unspecified atom stereocenters. The third kappa shape index (κ3) is 3.42. The van der Waals surface area contributed by atoms with Crippen LogP contribution in [0.15, 0.2) is 11.6 Å². The summed E-state index contributed by atoms with van der Waals surface area (Å²) in [7, 11) is 0. The molecule has 160 valence electrons. The van der Waals surface area contributed by atoms with Crippen molar-refractivity contribution in [1.82, 2.24) is 0 Å². The molecule has 3 fully saturated rings. The van der Waals surface area contributed by atoms with Crippen LogP contribution >= 0.6 is 0 Å². The Kier molecular flexibility index (Phi) is 5.80. The molecule has 1 nitrogen and oxygen atoms in total. The highest BCUT2D eigenvalue weighted by Crippen LogP contribution is 2.66. The van der Waals surface area contributed by atoms with E-state index >= 15 is 0 Å². The standard InChI is InChI=1S/C27H46O/c1-18(2)7-6-8-19(3)23-11-12-24-22-10-9-20-17-21(28)13-15-26(20,4)25(22)14-16-27(23,24)5/h14,18-24,28H,6-13,15-17H2,1-5H3/t19-,20+,21-,22+,23?,24+,26+,27-/m1/s1. The number of fused-ring (bicyclic) bond motifs is 5. The summed E-state index contributed by atoms with van der Waals surface area (Å²) in [6.07, 6.45) is 17.3. The summed E-state index contributed by atoms with van der Waals surface area (Å²) >= 11 is 0. The maximum atomic E-state index is 10.2. The van der Waals surface area contributed by atoms with Crippen molar-refractivity contribution in [2.75, 3.05) is 0 Å². The lowest BCUT2D eigenvalue weighted by Crippen LogP contribution is -2.48. The van der Waals surface area contributed by atoms with Crippen LogP contribution in [0.4, 0.5) is 0 Å². The van der Waals surface area contributed by atoms with Crippen LogP contribution in [0.25, 0.3) is 0 Å². The molecule has 0 aromatic rings. The Balaban J connectivity index is 1.51. The number of aliphatic hydroxyl groups excluding tert-OH is 1. The Morgan fingerprint density at radius 1 is 1.04 bits per heavy atom. The van der Waals surface area contributed by atoms with E-state index < -0.39 is 0 Å². The van der Waals surface area contributed by atoms with Crippen molar-refractivity contribution in [3.63, 3.8) is 0 Å². The number of allylic oxidation sites excluding steroid dienone is 2. The smallest absolute Gasteiger partial charge is 0.0543 e. The maximum Gasteiger partial charge on any atom is 0.0543 e. The minimum atomic E-state index is -0.0355. The van der Waals surface area contributed by atoms with Gasteiger partial charge in [0.15, 0.2) is 0 Å². The second-order valence-corrected chi connectivity index (χ2v) is 12.2. The summed E-state index contributed by atoms with van der Waals surface area (Å²) in [5.41, 5.74) is 2.78. The monoisotopic (exact) mass is 386 g/mol. The van der Waals surface area contributed by atoms with Crippen molar-refractivity contribution in [2.45, 2.75) is 111 Å². The first-order chi connectivity index (χ1) is 13.3. The fraction of sp³-hybridized carbons (Fsp3) is 0.926. The number of hydrogen-bond donors (Lipinski definition) is 1.